The van der Waals surface area contributed by atoms with Crippen molar-refractivity contribution in [1.29, 1.82) is 0 Å². The second kappa shape index (κ2) is 3.19. The molecule has 1 aliphatic heterocycles. The Labute approximate surface area is 74.7 Å². The molecule has 1 atom stereocenters. The Balaban J connectivity index is 2.43. The first kappa shape index (κ1) is 8.49. The van der Waals surface area contributed by atoms with Crippen molar-refractivity contribution in [3.8, 4) is 0 Å². The molecule has 10 heavy (non-hydrogen) atoms. The van der Waals surface area contributed by atoms with Gasteiger partial charge in [0.1, 0.15) is 6.10 Å². The van der Waals surface area contributed by atoms with Crippen LogP contribution in [0, 0.1) is 0 Å². The van der Waals surface area contributed by atoms with Crippen LogP contribution in [0.2, 0.25) is 0 Å². The zero-order valence-electron chi connectivity index (χ0n) is 6.13. The second-order valence-corrected chi connectivity index (χ2v) is 3.40. The quantitative estimate of drug-likeness (QED) is 0.667. The predicted octanol–water partition coefficient (Wildman–Crippen LogP) is 2.09. The predicted molar refractivity (Wildman–Crippen MR) is 48.1 cm³/mol. The fourth-order valence-electron chi connectivity index (χ4n) is 0.891. The van der Waals surface area contributed by atoms with E-state index < -0.39 is 0 Å². The zero-order chi connectivity index (χ0) is 7.61. The summed E-state index contributed by atoms with van der Waals surface area (Å²) in [5.41, 5.74) is 0. The van der Waals surface area contributed by atoms with Gasteiger partial charge in [-0.3, -0.25) is 0 Å². The summed E-state index contributed by atoms with van der Waals surface area (Å²) in [7, 11) is 0. The van der Waals surface area contributed by atoms with Crippen LogP contribution in [0.15, 0.2) is 10.2 Å². The van der Waals surface area contributed by atoms with Crippen molar-refractivity contribution in [2.75, 3.05) is 6.61 Å². The minimum Gasteiger partial charge on any atom is -0.347 e. The molecule has 0 aromatic carbocycles. The smallest absolute Gasteiger partial charge is 0.163 e. The monoisotopic (exact) mass is 254 g/mol. The normalized spacial score (nSPS) is 31.7. The molecular formula is C7H11IO2. The van der Waals surface area contributed by atoms with Crippen molar-refractivity contribution in [2.45, 2.75) is 25.7 Å². The Morgan fingerprint density at radius 3 is 2.70 bits per heavy atom. The second-order valence-electron chi connectivity index (χ2n) is 2.69. The molecule has 3 heteroatoms. The molecule has 0 aromatic rings. The fourth-order valence-corrected chi connectivity index (χ4v) is 1.35. The third-order valence-corrected chi connectivity index (χ3v) is 1.73. The molecule has 1 aliphatic rings. The number of hydrogen-bond donors (Lipinski definition) is 0. The van der Waals surface area contributed by atoms with Gasteiger partial charge in [-0.25, -0.2) is 0 Å². The molecule has 0 N–H and O–H groups in total. The van der Waals surface area contributed by atoms with Gasteiger partial charge in [0.15, 0.2) is 5.79 Å². The Morgan fingerprint density at radius 1 is 1.60 bits per heavy atom. The van der Waals surface area contributed by atoms with Gasteiger partial charge in [-0.1, -0.05) is 22.6 Å². The maximum absolute atomic E-state index is 5.48. The fraction of sp³-hybridized carbons (Fsp3) is 0.714. The summed E-state index contributed by atoms with van der Waals surface area (Å²) >= 11 is 2.17. The van der Waals surface area contributed by atoms with Crippen molar-refractivity contribution in [3.05, 3.63) is 10.2 Å². The Kier molecular flexibility index (Phi) is 2.71. The van der Waals surface area contributed by atoms with Gasteiger partial charge in [-0.05, 0) is 24.0 Å². The molecule has 0 unspecified atom stereocenters. The minimum absolute atomic E-state index is 0.145. The Bertz CT molecular complexity index is 143. The molecule has 1 rings (SSSR count). The van der Waals surface area contributed by atoms with Gasteiger partial charge < -0.3 is 9.47 Å². The average Bonchev–Trinajstić information content (AvgIpc) is 2.12. The van der Waals surface area contributed by atoms with Gasteiger partial charge in [0.2, 0.25) is 0 Å². The molecule has 0 aromatic heterocycles. The van der Waals surface area contributed by atoms with E-state index in [1.54, 1.807) is 0 Å². The summed E-state index contributed by atoms with van der Waals surface area (Å²) in [5, 5.41) is 0. The van der Waals surface area contributed by atoms with Crippen molar-refractivity contribution in [1.82, 2.24) is 0 Å². The van der Waals surface area contributed by atoms with Crippen LogP contribution < -0.4 is 0 Å². The standard InChI is InChI=1S/C7H11IO2/c1-7(2)9-5-6(10-7)3-4-8/h3-4,6H,5H2,1-2H3/b4-3-/t6-/m0/s1. The Morgan fingerprint density at radius 2 is 2.30 bits per heavy atom. The van der Waals surface area contributed by atoms with E-state index in [-0.39, 0.29) is 11.9 Å². The van der Waals surface area contributed by atoms with Gasteiger partial charge in [0.05, 0.1) is 6.61 Å². The summed E-state index contributed by atoms with van der Waals surface area (Å²) in [6.07, 6.45) is 2.14. The molecule has 0 aliphatic carbocycles. The van der Waals surface area contributed by atoms with Crippen LogP contribution in [0.3, 0.4) is 0 Å². The largest absolute Gasteiger partial charge is 0.347 e. The highest BCUT2D eigenvalue weighted by Crippen LogP contribution is 2.22. The van der Waals surface area contributed by atoms with E-state index in [0.29, 0.717) is 6.61 Å². The third-order valence-electron chi connectivity index (χ3n) is 1.32. The van der Waals surface area contributed by atoms with E-state index in [1.807, 2.05) is 24.0 Å². The lowest BCUT2D eigenvalue weighted by molar-refractivity contribution is -0.133. The van der Waals surface area contributed by atoms with Crippen LogP contribution >= 0.6 is 22.6 Å². The van der Waals surface area contributed by atoms with E-state index >= 15 is 0 Å². The summed E-state index contributed by atoms with van der Waals surface area (Å²) in [6, 6.07) is 0. The number of rotatable bonds is 1. The SMILES string of the molecule is CC1(C)OC[C@H](/C=C\I)O1. The highest BCUT2D eigenvalue weighted by Gasteiger charge is 2.30. The van der Waals surface area contributed by atoms with E-state index in [0.717, 1.165) is 0 Å². The number of hydrogen-bond acceptors (Lipinski definition) is 2. The maximum Gasteiger partial charge on any atom is 0.163 e. The molecule has 0 radical (unpaired) electrons. The number of ether oxygens (including phenoxy) is 2. The first-order chi connectivity index (χ1) is 4.64. The molecule has 1 heterocycles. The van der Waals surface area contributed by atoms with Gasteiger partial charge >= 0.3 is 0 Å². The molecular weight excluding hydrogens is 243 g/mol. The minimum atomic E-state index is -0.388. The number of halogens is 1. The van der Waals surface area contributed by atoms with Crippen molar-refractivity contribution < 1.29 is 9.47 Å². The van der Waals surface area contributed by atoms with Crippen LogP contribution in [0.25, 0.3) is 0 Å². The van der Waals surface area contributed by atoms with Crippen LogP contribution in [0.1, 0.15) is 13.8 Å². The van der Waals surface area contributed by atoms with E-state index in [2.05, 4.69) is 22.6 Å². The lowest BCUT2D eigenvalue weighted by Crippen LogP contribution is -2.20. The summed E-state index contributed by atoms with van der Waals surface area (Å²) in [5.74, 6) is -0.388. The summed E-state index contributed by atoms with van der Waals surface area (Å²) < 4.78 is 12.8. The lowest BCUT2D eigenvalue weighted by atomic mass is 10.4. The van der Waals surface area contributed by atoms with E-state index in [1.165, 1.54) is 0 Å². The molecule has 0 bridgehead atoms. The van der Waals surface area contributed by atoms with Crippen LogP contribution in [-0.4, -0.2) is 18.5 Å². The topological polar surface area (TPSA) is 18.5 Å². The molecule has 0 amide bonds. The van der Waals surface area contributed by atoms with Crippen LogP contribution in [0.5, 0.6) is 0 Å². The highest BCUT2D eigenvalue weighted by molar-refractivity contribution is 14.1. The first-order valence-corrected chi connectivity index (χ1v) is 4.47. The molecule has 0 saturated carbocycles. The van der Waals surface area contributed by atoms with Crippen molar-refractivity contribution >= 4 is 22.6 Å². The van der Waals surface area contributed by atoms with Gasteiger partial charge in [-0.15, -0.1) is 0 Å². The van der Waals surface area contributed by atoms with Gasteiger partial charge in [0, 0.05) is 0 Å². The first-order valence-electron chi connectivity index (χ1n) is 3.23. The van der Waals surface area contributed by atoms with E-state index in [4.69, 9.17) is 9.47 Å². The lowest BCUT2D eigenvalue weighted by Gasteiger charge is -2.15. The average molecular weight is 254 g/mol. The molecule has 58 valence electrons. The third kappa shape index (κ3) is 2.21. The van der Waals surface area contributed by atoms with Crippen LogP contribution in [-0.2, 0) is 9.47 Å². The summed E-state index contributed by atoms with van der Waals surface area (Å²) in [6.45, 7) is 4.52. The van der Waals surface area contributed by atoms with Gasteiger partial charge in [0.25, 0.3) is 0 Å². The van der Waals surface area contributed by atoms with Crippen LogP contribution in [0.4, 0.5) is 0 Å². The maximum atomic E-state index is 5.48. The molecule has 1 fully saturated rings. The van der Waals surface area contributed by atoms with E-state index in [9.17, 15) is 0 Å². The molecule has 2 nitrogen and oxygen atoms in total. The summed E-state index contributed by atoms with van der Waals surface area (Å²) in [4.78, 5) is 0. The molecule has 1 saturated heterocycles. The Hall–Kier alpha value is 0.390. The van der Waals surface area contributed by atoms with Crippen molar-refractivity contribution in [2.24, 2.45) is 0 Å². The van der Waals surface area contributed by atoms with Gasteiger partial charge in [-0.2, -0.15) is 0 Å². The highest BCUT2D eigenvalue weighted by atomic mass is 127. The zero-order valence-corrected chi connectivity index (χ0v) is 8.29. The molecule has 0 spiro atoms. The van der Waals surface area contributed by atoms with Crippen molar-refractivity contribution in [3.63, 3.8) is 0 Å².